The molecule has 0 bridgehead atoms. The molecule has 0 aliphatic carbocycles. The monoisotopic (exact) mass is 290 g/mol. The molecule has 19 heavy (non-hydrogen) atoms. The second-order valence-corrected chi connectivity index (χ2v) is 5.68. The van der Waals surface area contributed by atoms with E-state index in [-0.39, 0.29) is 30.0 Å². The number of sulfonamides is 1. The van der Waals surface area contributed by atoms with E-state index in [9.17, 15) is 17.6 Å². The first kappa shape index (κ1) is 15.2. The van der Waals surface area contributed by atoms with Crippen molar-refractivity contribution < 1.29 is 22.3 Å². The van der Waals surface area contributed by atoms with Gasteiger partial charge in [0.15, 0.2) is 0 Å². The lowest BCUT2D eigenvalue weighted by atomic mass is 10.3. The van der Waals surface area contributed by atoms with Gasteiger partial charge in [-0.25, -0.2) is 12.8 Å². The summed E-state index contributed by atoms with van der Waals surface area (Å²) in [5.41, 5.74) is 5.36. The van der Waals surface area contributed by atoms with Gasteiger partial charge in [-0.3, -0.25) is 9.52 Å². The minimum atomic E-state index is -3.60. The number of anilines is 2. The van der Waals surface area contributed by atoms with Crippen LogP contribution in [0.4, 0.5) is 15.8 Å². The number of nitrogen functional groups attached to an aromatic ring is 1. The van der Waals surface area contributed by atoms with Crippen molar-refractivity contribution in [2.75, 3.05) is 23.3 Å². The highest BCUT2D eigenvalue weighted by Crippen LogP contribution is 2.17. The number of hydrogen-bond acceptors (Lipinski definition) is 5. The van der Waals surface area contributed by atoms with E-state index in [4.69, 9.17) is 5.73 Å². The molecular formula is C11H15FN2O4S. The molecule has 1 aromatic carbocycles. The van der Waals surface area contributed by atoms with Gasteiger partial charge in [-0.1, -0.05) is 0 Å². The van der Waals surface area contributed by atoms with Crippen LogP contribution < -0.4 is 10.5 Å². The van der Waals surface area contributed by atoms with E-state index in [1.807, 2.05) is 0 Å². The lowest BCUT2D eigenvalue weighted by Crippen LogP contribution is -2.17. The zero-order valence-corrected chi connectivity index (χ0v) is 11.2. The average Bonchev–Trinajstić information content (AvgIpc) is 2.33. The van der Waals surface area contributed by atoms with E-state index in [2.05, 4.69) is 9.46 Å². The van der Waals surface area contributed by atoms with Crippen molar-refractivity contribution in [3.8, 4) is 0 Å². The summed E-state index contributed by atoms with van der Waals surface area (Å²) in [7, 11) is -2.37. The van der Waals surface area contributed by atoms with Gasteiger partial charge >= 0.3 is 5.97 Å². The maximum Gasteiger partial charge on any atom is 0.305 e. The van der Waals surface area contributed by atoms with Gasteiger partial charge < -0.3 is 10.5 Å². The van der Waals surface area contributed by atoms with E-state index in [1.54, 1.807) is 0 Å². The number of nitrogens with one attached hydrogen (secondary N) is 1. The van der Waals surface area contributed by atoms with Gasteiger partial charge in [-0.15, -0.1) is 0 Å². The van der Waals surface area contributed by atoms with Crippen LogP contribution in [-0.4, -0.2) is 27.2 Å². The lowest BCUT2D eigenvalue weighted by molar-refractivity contribution is -0.140. The summed E-state index contributed by atoms with van der Waals surface area (Å²) in [5, 5.41) is 0. The molecule has 0 aliphatic rings. The van der Waals surface area contributed by atoms with Crippen LogP contribution in [0.1, 0.15) is 12.8 Å². The zero-order chi connectivity index (χ0) is 14.5. The quantitative estimate of drug-likeness (QED) is 0.604. The Bertz CT molecular complexity index is 560. The summed E-state index contributed by atoms with van der Waals surface area (Å²) >= 11 is 0. The number of ether oxygens (including phenoxy) is 1. The van der Waals surface area contributed by atoms with E-state index in [0.717, 1.165) is 6.07 Å². The summed E-state index contributed by atoms with van der Waals surface area (Å²) in [5.74, 6) is -1.32. The van der Waals surface area contributed by atoms with Crippen molar-refractivity contribution in [3.63, 3.8) is 0 Å². The summed E-state index contributed by atoms with van der Waals surface area (Å²) < 4.78 is 42.9. The number of carbonyl (C=O) groups excluding carboxylic acids is 1. The lowest BCUT2D eigenvalue weighted by Gasteiger charge is -2.08. The van der Waals surface area contributed by atoms with Crippen molar-refractivity contribution in [3.05, 3.63) is 24.0 Å². The summed E-state index contributed by atoms with van der Waals surface area (Å²) in [6.45, 7) is 0. The van der Waals surface area contributed by atoms with Crippen LogP contribution in [0.2, 0.25) is 0 Å². The maximum atomic E-state index is 12.9. The van der Waals surface area contributed by atoms with Crippen LogP contribution in [-0.2, 0) is 19.6 Å². The summed E-state index contributed by atoms with van der Waals surface area (Å²) in [4.78, 5) is 10.8. The number of esters is 1. The van der Waals surface area contributed by atoms with Gasteiger partial charge in [-0.05, 0) is 24.6 Å². The Labute approximate surface area is 110 Å². The molecule has 0 atom stereocenters. The molecule has 6 nitrogen and oxygen atoms in total. The molecule has 0 unspecified atom stereocenters. The van der Waals surface area contributed by atoms with Crippen LogP contribution in [0, 0.1) is 5.82 Å². The molecule has 0 saturated carbocycles. The van der Waals surface area contributed by atoms with E-state index < -0.39 is 21.8 Å². The number of halogens is 1. The molecule has 0 radical (unpaired) electrons. The Morgan fingerprint density at radius 3 is 2.74 bits per heavy atom. The van der Waals surface area contributed by atoms with Crippen molar-refractivity contribution in [2.45, 2.75) is 12.8 Å². The number of benzene rings is 1. The Morgan fingerprint density at radius 1 is 1.47 bits per heavy atom. The molecule has 1 aromatic rings. The van der Waals surface area contributed by atoms with Gasteiger partial charge in [0.2, 0.25) is 10.0 Å². The van der Waals surface area contributed by atoms with Crippen LogP contribution in [0.25, 0.3) is 0 Å². The molecule has 8 heteroatoms. The fourth-order valence-corrected chi connectivity index (χ4v) is 2.46. The molecule has 0 amide bonds. The van der Waals surface area contributed by atoms with Gasteiger partial charge in [0.05, 0.1) is 24.2 Å². The number of rotatable bonds is 6. The van der Waals surface area contributed by atoms with Gasteiger partial charge in [-0.2, -0.15) is 0 Å². The van der Waals surface area contributed by atoms with Crippen LogP contribution >= 0.6 is 0 Å². The highest BCUT2D eigenvalue weighted by Gasteiger charge is 2.12. The first-order valence-corrected chi connectivity index (χ1v) is 7.11. The molecule has 0 saturated heterocycles. The second-order valence-electron chi connectivity index (χ2n) is 3.84. The number of nitrogens with two attached hydrogens (primary N) is 1. The van der Waals surface area contributed by atoms with E-state index in [1.165, 1.54) is 19.2 Å². The molecule has 1 rings (SSSR count). The fraction of sp³-hybridized carbons (Fsp3) is 0.364. The molecule has 0 aliphatic heterocycles. The highest BCUT2D eigenvalue weighted by atomic mass is 32.2. The topological polar surface area (TPSA) is 98.5 Å². The molecule has 0 heterocycles. The van der Waals surface area contributed by atoms with Crippen molar-refractivity contribution in [1.82, 2.24) is 0 Å². The Balaban J connectivity index is 2.59. The van der Waals surface area contributed by atoms with Gasteiger partial charge in [0.1, 0.15) is 5.82 Å². The SMILES string of the molecule is COC(=O)CCCS(=O)(=O)Nc1ccc(F)c(N)c1. The number of carbonyl (C=O) groups is 1. The summed E-state index contributed by atoms with van der Waals surface area (Å²) in [6.07, 6.45) is 0.154. The standard InChI is InChI=1S/C11H15FN2O4S/c1-18-11(15)3-2-6-19(16,17)14-8-4-5-9(12)10(13)7-8/h4-5,7,14H,2-3,6,13H2,1H3. The molecule has 3 N–H and O–H groups in total. The Kier molecular flexibility index (Phi) is 5.11. The average molecular weight is 290 g/mol. The first-order chi connectivity index (χ1) is 8.84. The minimum Gasteiger partial charge on any atom is -0.469 e. The Morgan fingerprint density at radius 2 is 2.16 bits per heavy atom. The third-order valence-electron chi connectivity index (χ3n) is 2.29. The molecule has 106 valence electrons. The highest BCUT2D eigenvalue weighted by molar-refractivity contribution is 7.92. The maximum absolute atomic E-state index is 12.9. The molecular weight excluding hydrogens is 275 g/mol. The van der Waals surface area contributed by atoms with Crippen LogP contribution in [0.15, 0.2) is 18.2 Å². The molecule has 0 fully saturated rings. The summed E-state index contributed by atoms with van der Waals surface area (Å²) in [6, 6.07) is 3.53. The van der Waals surface area contributed by atoms with Crippen LogP contribution in [0.3, 0.4) is 0 Å². The first-order valence-electron chi connectivity index (χ1n) is 5.46. The van der Waals surface area contributed by atoms with Crippen molar-refractivity contribution in [1.29, 1.82) is 0 Å². The predicted molar refractivity (Wildman–Crippen MR) is 69.5 cm³/mol. The predicted octanol–water partition coefficient (Wildman–Crippen LogP) is 1.10. The number of hydrogen-bond donors (Lipinski definition) is 2. The largest absolute Gasteiger partial charge is 0.469 e. The minimum absolute atomic E-state index is 0.0168. The van der Waals surface area contributed by atoms with E-state index in [0.29, 0.717) is 0 Å². The van der Waals surface area contributed by atoms with E-state index >= 15 is 0 Å². The molecule has 0 spiro atoms. The van der Waals surface area contributed by atoms with Gasteiger partial charge in [0.25, 0.3) is 0 Å². The normalized spacial score (nSPS) is 11.1. The zero-order valence-electron chi connectivity index (χ0n) is 10.3. The molecule has 0 aromatic heterocycles. The second kappa shape index (κ2) is 6.37. The smallest absolute Gasteiger partial charge is 0.305 e. The van der Waals surface area contributed by atoms with Crippen LogP contribution in [0.5, 0.6) is 0 Å². The van der Waals surface area contributed by atoms with Crippen molar-refractivity contribution >= 4 is 27.4 Å². The van der Waals surface area contributed by atoms with Crippen molar-refractivity contribution in [2.24, 2.45) is 0 Å². The fourth-order valence-electron chi connectivity index (χ4n) is 1.35. The Hall–Kier alpha value is -1.83. The third kappa shape index (κ3) is 5.12. The number of methoxy groups -OCH3 is 1. The third-order valence-corrected chi connectivity index (χ3v) is 3.66. The van der Waals surface area contributed by atoms with Gasteiger partial charge in [0, 0.05) is 6.42 Å².